The summed E-state index contributed by atoms with van der Waals surface area (Å²) >= 11 is 6.78. The number of nitrogens with one attached hydrogen (secondary N) is 1. The SMILES string of the molecule is Cn1nc(-c2csc(S(=O)(=O)Nc3ccc(Cl)cn3)c2)ccc1=O. The molecule has 0 atom stereocenters. The van der Waals surface area contributed by atoms with Crippen molar-refractivity contribution in [2.24, 2.45) is 7.05 Å². The van der Waals surface area contributed by atoms with Crippen LogP contribution < -0.4 is 10.3 Å². The number of aryl methyl sites for hydroxylation is 1. The molecular formula is C14H11ClN4O3S2. The average molecular weight is 383 g/mol. The first-order valence-corrected chi connectivity index (χ1v) is 9.37. The van der Waals surface area contributed by atoms with Gasteiger partial charge < -0.3 is 0 Å². The number of sulfonamides is 1. The number of aromatic nitrogens is 3. The van der Waals surface area contributed by atoms with E-state index in [0.29, 0.717) is 16.3 Å². The number of halogens is 1. The van der Waals surface area contributed by atoms with Crippen LogP contribution in [0.25, 0.3) is 11.3 Å². The van der Waals surface area contributed by atoms with Crippen molar-refractivity contribution < 1.29 is 8.42 Å². The van der Waals surface area contributed by atoms with Crippen LogP contribution in [-0.4, -0.2) is 23.2 Å². The summed E-state index contributed by atoms with van der Waals surface area (Å²) in [7, 11) is -2.23. The van der Waals surface area contributed by atoms with Crippen molar-refractivity contribution in [3.05, 3.63) is 57.3 Å². The minimum atomic E-state index is -3.77. The quantitative estimate of drug-likeness (QED) is 0.747. The Balaban J connectivity index is 1.89. The predicted molar refractivity (Wildman–Crippen MR) is 92.8 cm³/mol. The van der Waals surface area contributed by atoms with Crippen LogP contribution in [0.3, 0.4) is 0 Å². The third-order valence-corrected chi connectivity index (χ3v) is 6.08. The second-order valence-electron chi connectivity index (χ2n) is 4.80. The van der Waals surface area contributed by atoms with E-state index in [2.05, 4.69) is 14.8 Å². The summed E-state index contributed by atoms with van der Waals surface area (Å²) < 4.78 is 28.5. The van der Waals surface area contributed by atoms with Gasteiger partial charge in [-0.25, -0.2) is 18.1 Å². The molecule has 1 N–H and O–H groups in total. The zero-order valence-electron chi connectivity index (χ0n) is 12.3. The van der Waals surface area contributed by atoms with Gasteiger partial charge in [0.15, 0.2) is 0 Å². The molecule has 3 aromatic rings. The lowest BCUT2D eigenvalue weighted by Crippen LogP contribution is -2.18. The van der Waals surface area contributed by atoms with Crippen molar-refractivity contribution in [1.82, 2.24) is 14.8 Å². The van der Waals surface area contributed by atoms with Crippen molar-refractivity contribution in [1.29, 1.82) is 0 Å². The minimum absolute atomic E-state index is 0.116. The van der Waals surface area contributed by atoms with Gasteiger partial charge in [0, 0.05) is 30.3 Å². The van der Waals surface area contributed by atoms with Crippen molar-refractivity contribution in [3.8, 4) is 11.3 Å². The molecule has 124 valence electrons. The average Bonchev–Trinajstić information content (AvgIpc) is 3.03. The highest BCUT2D eigenvalue weighted by atomic mass is 35.5. The first-order valence-electron chi connectivity index (χ1n) is 6.63. The zero-order valence-corrected chi connectivity index (χ0v) is 14.7. The van der Waals surface area contributed by atoms with Gasteiger partial charge in [-0.3, -0.25) is 9.52 Å². The molecular weight excluding hydrogens is 372 g/mol. The van der Waals surface area contributed by atoms with Crippen LogP contribution in [-0.2, 0) is 17.1 Å². The number of hydrogen-bond donors (Lipinski definition) is 1. The maximum Gasteiger partial charge on any atom is 0.272 e. The van der Waals surface area contributed by atoms with Gasteiger partial charge in [-0.05, 0) is 24.3 Å². The Morgan fingerprint density at radius 2 is 2.04 bits per heavy atom. The summed E-state index contributed by atoms with van der Waals surface area (Å²) in [6.07, 6.45) is 1.35. The van der Waals surface area contributed by atoms with Gasteiger partial charge >= 0.3 is 0 Å². The molecule has 3 rings (SSSR count). The summed E-state index contributed by atoms with van der Waals surface area (Å²) in [5.41, 5.74) is 0.886. The van der Waals surface area contributed by atoms with Gasteiger partial charge in [0.2, 0.25) is 0 Å². The Bertz CT molecular complexity index is 1040. The molecule has 3 heterocycles. The summed E-state index contributed by atoms with van der Waals surface area (Å²) in [5, 5.41) is 6.18. The summed E-state index contributed by atoms with van der Waals surface area (Å²) in [6.45, 7) is 0. The Kier molecular flexibility index (Phi) is 4.39. The Labute approximate surface area is 146 Å². The molecule has 0 aliphatic rings. The van der Waals surface area contributed by atoms with Crippen molar-refractivity contribution in [2.75, 3.05) is 4.72 Å². The topological polar surface area (TPSA) is 93.9 Å². The van der Waals surface area contributed by atoms with Crippen LogP contribution in [0.2, 0.25) is 5.02 Å². The van der Waals surface area contributed by atoms with Gasteiger partial charge in [0.05, 0.1) is 10.7 Å². The van der Waals surface area contributed by atoms with Crippen LogP contribution in [0.15, 0.2) is 50.9 Å². The number of hydrogen-bond acceptors (Lipinski definition) is 6. The lowest BCUT2D eigenvalue weighted by atomic mass is 10.2. The monoisotopic (exact) mass is 382 g/mol. The first kappa shape index (κ1) is 16.6. The van der Waals surface area contributed by atoms with Crippen LogP contribution >= 0.6 is 22.9 Å². The number of pyridine rings is 1. The maximum atomic E-state index is 12.4. The fourth-order valence-corrected chi connectivity index (χ4v) is 4.17. The van der Waals surface area contributed by atoms with Crippen molar-refractivity contribution in [3.63, 3.8) is 0 Å². The lowest BCUT2D eigenvalue weighted by molar-refractivity contribution is 0.603. The number of rotatable bonds is 4. The van der Waals surface area contributed by atoms with Crippen molar-refractivity contribution >= 4 is 38.8 Å². The maximum absolute atomic E-state index is 12.4. The molecule has 3 aromatic heterocycles. The molecule has 0 aliphatic heterocycles. The summed E-state index contributed by atoms with van der Waals surface area (Å²) in [4.78, 5) is 15.3. The van der Waals surface area contributed by atoms with Gasteiger partial charge in [-0.1, -0.05) is 11.6 Å². The van der Waals surface area contributed by atoms with Gasteiger partial charge in [-0.2, -0.15) is 5.10 Å². The normalized spacial score (nSPS) is 11.4. The van der Waals surface area contributed by atoms with Crippen LogP contribution in [0.5, 0.6) is 0 Å². The third kappa shape index (κ3) is 3.48. The van der Waals surface area contributed by atoms with E-state index in [1.165, 1.54) is 36.1 Å². The van der Waals surface area contributed by atoms with E-state index in [9.17, 15) is 13.2 Å². The molecule has 0 aromatic carbocycles. The van der Waals surface area contributed by atoms with Gasteiger partial charge in [0.25, 0.3) is 15.6 Å². The van der Waals surface area contributed by atoms with E-state index < -0.39 is 10.0 Å². The summed E-state index contributed by atoms with van der Waals surface area (Å²) in [5.74, 6) is 0.176. The summed E-state index contributed by atoms with van der Waals surface area (Å²) in [6, 6.07) is 7.44. The molecule has 0 fully saturated rings. The molecule has 24 heavy (non-hydrogen) atoms. The first-order chi connectivity index (χ1) is 11.3. The minimum Gasteiger partial charge on any atom is -0.268 e. The fraction of sp³-hybridized carbons (Fsp3) is 0.0714. The highest BCUT2D eigenvalue weighted by molar-refractivity contribution is 7.94. The largest absolute Gasteiger partial charge is 0.272 e. The van der Waals surface area contributed by atoms with Crippen molar-refractivity contribution in [2.45, 2.75) is 4.21 Å². The van der Waals surface area contributed by atoms with Crippen LogP contribution in [0, 0.1) is 0 Å². The second kappa shape index (κ2) is 6.34. The second-order valence-corrected chi connectivity index (χ2v) is 8.06. The van der Waals surface area contributed by atoms with Gasteiger partial charge in [0.1, 0.15) is 10.0 Å². The van der Waals surface area contributed by atoms with E-state index in [1.807, 2.05) is 0 Å². The van der Waals surface area contributed by atoms with Crippen LogP contribution in [0.1, 0.15) is 0 Å². The number of thiophene rings is 1. The Hall–Kier alpha value is -2.23. The highest BCUT2D eigenvalue weighted by Gasteiger charge is 2.18. The molecule has 0 saturated carbocycles. The lowest BCUT2D eigenvalue weighted by Gasteiger charge is -2.04. The van der Waals surface area contributed by atoms with E-state index in [4.69, 9.17) is 11.6 Å². The standard InChI is InChI=1S/C14H11ClN4O3S2/c1-19-13(20)5-3-11(17-19)9-6-14(23-8-9)24(21,22)18-12-4-2-10(15)7-16-12/h2-8H,1H3,(H,16,18). The molecule has 0 amide bonds. The number of nitrogens with zero attached hydrogens (tertiary/aromatic N) is 3. The van der Waals surface area contributed by atoms with Crippen LogP contribution in [0.4, 0.5) is 5.82 Å². The molecule has 0 bridgehead atoms. The van der Waals surface area contributed by atoms with E-state index in [-0.39, 0.29) is 15.6 Å². The fourth-order valence-electron chi connectivity index (χ4n) is 1.87. The molecule has 0 unspecified atom stereocenters. The predicted octanol–water partition coefficient (Wildman–Crippen LogP) is 2.36. The van der Waals surface area contributed by atoms with E-state index in [0.717, 1.165) is 11.3 Å². The Morgan fingerprint density at radius 3 is 2.71 bits per heavy atom. The molecule has 0 saturated heterocycles. The molecule has 7 nitrogen and oxygen atoms in total. The zero-order chi connectivity index (χ0) is 17.3. The number of anilines is 1. The van der Waals surface area contributed by atoms with E-state index >= 15 is 0 Å². The van der Waals surface area contributed by atoms with Gasteiger partial charge in [-0.15, -0.1) is 11.3 Å². The Morgan fingerprint density at radius 1 is 1.25 bits per heavy atom. The molecule has 0 radical (unpaired) electrons. The smallest absolute Gasteiger partial charge is 0.268 e. The highest BCUT2D eigenvalue weighted by Crippen LogP contribution is 2.28. The third-order valence-electron chi connectivity index (χ3n) is 3.06. The van der Waals surface area contributed by atoms with E-state index in [1.54, 1.807) is 17.5 Å². The molecule has 10 heteroatoms. The molecule has 0 spiro atoms. The molecule has 0 aliphatic carbocycles.